The first-order valence-electron chi connectivity index (χ1n) is 9.56. The van der Waals surface area contributed by atoms with Gasteiger partial charge in [-0.1, -0.05) is 60.2 Å². The van der Waals surface area contributed by atoms with Crippen LogP contribution < -0.4 is 0 Å². The summed E-state index contributed by atoms with van der Waals surface area (Å²) in [5.74, 6) is 1.10. The van der Waals surface area contributed by atoms with Crippen molar-refractivity contribution in [1.82, 2.24) is 0 Å². The summed E-state index contributed by atoms with van der Waals surface area (Å²) in [4.78, 5) is 0. The molecule has 2 N–H and O–H groups in total. The second-order valence-corrected chi connectivity index (χ2v) is 7.28. The van der Waals surface area contributed by atoms with E-state index in [9.17, 15) is 10.2 Å². The van der Waals surface area contributed by atoms with E-state index in [1.165, 1.54) is 29.6 Å². The maximum Gasteiger partial charge on any atom is 0.115 e. The van der Waals surface area contributed by atoms with Crippen molar-refractivity contribution in [3.8, 4) is 11.5 Å². The van der Waals surface area contributed by atoms with Gasteiger partial charge in [-0.15, -0.1) is 0 Å². The normalized spacial score (nSPS) is 16.9. The van der Waals surface area contributed by atoms with Gasteiger partial charge in [0, 0.05) is 0 Å². The van der Waals surface area contributed by atoms with Crippen LogP contribution in [0.1, 0.15) is 48.3 Å². The van der Waals surface area contributed by atoms with E-state index in [4.69, 9.17) is 0 Å². The fourth-order valence-electron chi connectivity index (χ4n) is 4.13. The summed E-state index contributed by atoms with van der Waals surface area (Å²) in [6.07, 6.45) is 4.52. The molecule has 1 aliphatic rings. The number of rotatable bonds is 3. The van der Waals surface area contributed by atoms with Crippen LogP contribution in [0, 0.1) is 0 Å². The van der Waals surface area contributed by atoms with Gasteiger partial charge in [0.15, 0.2) is 0 Å². The Morgan fingerprint density at radius 1 is 0.704 bits per heavy atom. The van der Waals surface area contributed by atoms with Gasteiger partial charge in [0.2, 0.25) is 0 Å². The van der Waals surface area contributed by atoms with Crippen molar-refractivity contribution in [2.24, 2.45) is 0 Å². The Morgan fingerprint density at radius 3 is 1.81 bits per heavy atom. The van der Waals surface area contributed by atoms with Gasteiger partial charge < -0.3 is 10.2 Å². The molecule has 3 aromatic carbocycles. The van der Waals surface area contributed by atoms with Crippen molar-refractivity contribution in [3.05, 3.63) is 101 Å². The number of hydrogen-bond acceptors (Lipinski definition) is 2. The molecular formula is C25H24O2. The van der Waals surface area contributed by atoms with Crippen molar-refractivity contribution in [2.75, 3.05) is 0 Å². The zero-order valence-corrected chi connectivity index (χ0v) is 15.3. The number of aromatic hydroxyl groups is 2. The Bertz CT molecular complexity index is 875. The lowest BCUT2D eigenvalue weighted by Crippen LogP contribution is -2.09. The van der Waals surface area contributed by atoms with Crippen LogP contribution in [0.5, 0.6) is 11.5 Å². The van der Waals surface area contributed by atoms with Gasteiger partial charge in [-0.2, -0.15) is 0 Å². The summed E-state index contributed by atoms with van der Waals surface area (Å²) in [6, 6.07) is 25.7. The number of phenolic OH excluding ortho intramolecular Hbond substituents is 2. The smallest absolute Gasteiger partial charge is 0.115 e. The predicted octanol–water partition coefficient (Wildman–Crippen LogP) is 6.26. The quantitative estimate of drug-likeness (QED) is 0.581. The Balaban J connectivity index is 1.78. The molecule has 0 aromatic heterocycles. The van der Waals surface area contributed by atoms with E-state index in [2.05, 4.69) is 30.3 Å². The second kappa shape index (κ2) is 7.71. The molecular weight excluding hydrogens is 332 g/mol. The van der Waals surface area contributed by atoms with E-state index in [0.717, 1.165) is 24.0 Å². The largest absolute Gasteiger partial charge is 0.508 e. The molecule has 0 aliphatic heterocycles. The lowest BCUT2D eigenvalue weighted by atomic mass is 9.77. The summed E-state index contributed by atoms with van der Waals surface area (Å²) in [7, 11) is 0. The lowest BCUT2D eigenvalue weighted by molar-refractivity contribution is 0.475. The first-order chi connectivity index (χ1) is 13.2. The maximum absolute atomic E-state index is 9.70. The van der Waals surface area contributed by atoms with Crippen molar-refractivity contribution in [1.29, 1.82) is 0 Å². The van der Waals surface area contributed by atoms with Crippen LogP contribution in [0.3, 0.4) is 0 Å². The highest BCUT2D eigenvalue weighted by atomic mass is 16.3. The molecule has 2 nitrogen and oxygen atoms in total. The van der Waals surface area contributed by atoms with Gasteiger partial charge >= 0.3 is 0 Å². The number of phenols is 2. The molecule has 0 radical (unpaired) electrons. The van der Waals surface area contributed by atoms with Crippen molar-refractivity contribution >= 4 is 5.57 Å². The Kier molecular flexibility index (Phi) is 4.97. The minimum Gasteiger partial charge on any atom is -0.508 e. The molecule has 1 atom stereocenters. The highest BCUT2D eigenvalue weighted by Crippen LogP contribution is 2.41. The van der Waals surface area contributed by atoms with Gasteiger partial charge in [-0.25, -0.2) is 0 Å². The first kappa shape index (κ1) is 17.4. The van der Waals surface area contributed by atoms with Crippen LogP contribution in [0.25, 0.3) is 5.57 Å². The molecule has 0 spiro atoms. The van der Waals surface area contributed by atoms with E-state index in [0.29, 0.717) is 5.92 Å². The zero-order chi connectivity index (χ0) is 18.6. The van der Waals surface area contributed by atoms with Gasteiger partial charge in [-0.3, -0.25) is 0 Å². The van der Waals surface area contributed by atoms with Crippen molar-refractivity contribution in [3.63, 3.8) is 0 Å². The highest BCUT2D eigenvalue weighted by molar-refractivity contribution is 5.82. The highest BCUT2D eigenvalue weighted by Gasteiger charge is 2.22. The van der Waals surface area contributed by atoms with Crippen molar-refractivity contribution in [2.45, 2.75) is 31.6 Å². The van der Waals surface area contributed by atoms with E-state index in [-0.39, 0.29) is 11.5 Å². The molecule has 0 bridgehead atoms. The summed E-state index contributed by atoms with van der Waals surface area (Å²) < 4.78 is 0. The third kappa shape index (κ3) is 3.90. The van der Waals surface area contributed by atoms with E-state index >= 15 is 0 Å². The molecule has 0 heterocycles. The van der Waals surface area contributed by atoms with E-state index in [1.807, 2.05) is 24.3 Å². The number of benzene rings is 3. The van der Waals surface area contributed by atoms with Gasteiger partial charge in [0.25, 0.3) is 0 Å². The average Bonchev–Trinajstić information content (AvgIpc) is 2.72. The molecule has 0 saturated heterocycles. The molecule has 1 fully saturated rings. The minimum absolute atomic E-state index is 0.277. The topological polar surface area (TPSA) is 40.5 Å². The summed E-state index contributed by atoms with van der Waals surface area (Å²) >= 11 is 0. The Morgan fingerprint density at radius 2 is 1.26 bits per heavy atom. The van der Waals surface area contributed by atoms with Crippen LogP contribution in [0.2, 0.25) is 0 Å². The SMILES string of the molecule is Oc1ccc(C(=C2CCC[C@@H](c3ccccc3)C2)c2ccc(O)cc2)cc1. The Labute approximate surface area is 160 Å². The van der Waals surface area contributed by atoms with Crippen LogP contribution in [0.4, 0.5) is 0 Å². The minimum atomic E-state index is 0.277. The third-order valence-electron chi connectivity index (χ3n) is 5.46. The molecule has 1 aliphatic carbocycles. The molecule has 0 unspecified atom stereocenters. The zero-order valence-electron chi connectivity index (χ0n) is 15.3. The third-order valence-corrected chi connectivity index (χ3v) is 5.46. The predicted molar refractivity (Wildman–Crippen MR) is 110 cm³/mol. The van der Waals surface area contributed by atoms with Gasteiger partial charge in [-0.05, 0) is 78.1 Å². The average molecular weight is 356 g/mol. The maximum atomic E-state index is 9.70. The fraction of sp³-hybridized carbons (Fsp3) is 0.200. The molecule has 1 saturated carbocycles. The standard InChI is InChI=1S/C25H24O2/c26-23-13-9-19(10-14-23)25(20-11-15-24(27)16-12-20)22-8-4-7-21(17-22)18-5-2-1-3-6-18/h1-3,5-6,9-16,21,26-27H,4,7-8,17H2/t21-/m1/s1. The van der Waals surface area contributed by atoms with Crippen LogP contribution in [-0.4, -0.2) is 10.2 Å². The first-order valence-corrected chi connectivity index (χ1v) is 9.56. The molecule has 4 rings (SSSR count). The fourth-order valence-corrected chi connectivity index (χ4v) is 4.13. The number of hydrogen-bond donors (Lipinski definition) is 2. The van der Waals surface area contributed by atoms with E-state index in [1.54, 1.807) is 24.3 Å². The van der Waals surface area contributed by atoms with Crippen LogP contribution in [-0.2, 0) is 0 Å². The van der Waals surface area contributed by atoms with Gasteiger partial charge in [0.05, 0.1) is 0 Å². The monoisotopic (exact) mass is 356 g/mol. The molecule has 27 heavy (non-hydrogen) atoms. The molecule has 2 heteroatoms. The van der Waals surface area contributed by atoms with Crippen LogP contribution in [0.15, 0.2) is 84.4 Å². The number of allylic oxidation sites excluding steroid dienone is 1. The summed E-state index contributed by atoms with van der Waals surface area (Å²) in [5, 5.41) is 19.4. The molecule has 136 valence electrons. The second-order valence-electron chi connectivity index (χ2n) is 7.28. The molecule has 3 aromatic rings. The summed E-state index contributed by atoms with van der Waals surface area (Å²) in [6.45, 7) is 0. The van der Waals surface area contributed by atoms with E-state index < -0.39 is 0 Å². The van der Waals surface area contributed by atoms with Gasteiger partial charge in [0.1, 0.15) is 11.5 Å². The lowest BCUT2D eigenvalue weighted by Gasteiger charge is -2.27. The summed E-state index contributed by atoms with van der Waals surface area (Å²) in [5.41, 5.74) is 6.32. The van der Waals surface area contributed by atoms with Crippen LogP contribution >= 0.6 is 0 Å². The molecule has 0 amide bonds. The van der Waals surface area contributed by atoms with Crippen molar-refractivity contribution < 1.29 is 10.2 Å². The Hall–Kier alpha value is -3.00.